The molecule has 2 aliphatic heterocycles. The molecule has 0 radical (unpaired) electrons. The van der Waals surface area contributed by atoms with Gasteiger partial charge in [0, 0.05) is 50.2 Å². The number of nitro groups is 1. The smallest absolute Gasteiger partial charge is 0.357 e. The Kier molecular flexibility index (Phi) is 4.98. The summed E-state index contributed by atoms with van der Waals surface area (Å²) < 4.78 is 1.32. The largest absolute Gasteiger partial charge is 0.362 e. The van der Waals surface area contributed by atoms with Crippen LogP contribution in [0.1, 0.15) is 0 Å². The summed E-state index contributed by atoms with van der Waals surface area (Å²) in [5, 5.41) is 15.6. The minimum absolute atomic E-state index is 0.0768. The van der Waals surface area contributed by atoms with Crippen molar-refractivity contribution in [3.8, 4) is 0 Å². The van der Waals surface area contributed by atoms with Gasteiger partial charge >= 0.3 is 11.2 Å². The molecule has 2 aliphatic rings. The lowest BCUT2D eigenvalue weighted by Gasteiger charge is -2.37. The van der Waals surface area contributed by atoms with Gasteiger partial charge in [0.2, 0.25) is 5.91 Å². The number of para-hydroxylation sites is 1. The number of anilines is 1. The monoisotopic (exact) mass is 403 g/mol. The number of aromatic nitrogens is 1. The van der Waals surface area contributed by atoms with Gasteiger partial charge in [-0.2, -0.15) is 0 Å². The summed E-state index contributed by atoms with van der Waals surface area (Å²) in [7, 11) is 1.55. The number of thioether (sulfide) groups is 1. The molecule has 2 saturated heterocycles. The van der Waals surface area contributed by atoms with Crippen LogP contribution >= 0.6 is 11.8 Å². The van der Waals surface area contributed by atoms with E-state index in [4.69, 9.17) is 0 Å². The van der Waals surface area contributed by atoms with Gasteiger partial charge in [0.15, 0.2) is 0 Å². The Bertz CT molecular complexity index is 993. The van der Waals surface area contributed by atoms with Crippen molar-refractivity contribution >= 4 is 39.9 Å². The van der Waals surface area contributed by atoms with Crippen LogP contribution in [0.4, 0.5) is 11.4 Å². The number of amides is 1. The molecule has 1 aromatic carbocycles. The number of carbonyl (C=O) groups excluding carboxylic acids is 1. The van der Waals surface area contributed by atoms with Crippen molar-refractivity contribution in [2.24, 2.45) is 7.05 Å². The normalized spacial score (nSPS) is 20.0. The number of hydrogen-bond acceptors (Lipinski definition) is 7. The maximum Gasteiger partial charge on any atom is 0.357 e. The van der Waals surface area contributed by atoms with E-state index in [0.29, 0.717) is 42.8 Å². The van der Waals surface area contributed by atoms with Crippen molar-refractivity contribution in [3.63, 3.8) is 0 Å². The highest BCUT2D eigenvalue weighted by molar-refractivity contribution is 7.99. The van der Waals surface area contributed by atoms with Gasteiger partial charge in [-0.25, -0.2) is 0 Å². The van der Waals surface area contributed by atoms with E-state index in [0.717, 1.165) is 11.6 Å². The summed E-state index contributed by atoms with van der Waals surface area (Å²) in [4.78, 5) is 40.0. The number of piperazine rings is 1. The fraction of sp³-hybridized carbons (Fsp3) is 0.444. The first kappa shape index (κ1) is 18.8. The maximum absolute atomic E-state index is 12.7. The first-order chi connectivity index (χ1) is 13.5. The van der Waals surface area contributed by atoms with Gasteiger partial charge < -0.3 is 14.4 Å². The Morgan fingerprint density at radius 2 is 1.96 bits per heavy atom. The highest BCUT2D eigenvalue weighted by Crippen LogP contribution is 2.33. The molecule has 3 heterocycles. The van der Waals surface area contributed by atoms with Crippen molar-refractivity contribution < 1.29 is 9.72 Å². The van der Waals surface area contributed by atoms with Gasteiger partial charge in [-0.05, 0) is 6.07 Å². The van der Waals surface area contributed by atoms with E-state index in [1.165, 1.54) is 4.57 Å². The summed E-state index contributed by atoms with van der Waals surface area (Å²) in [5.41, 5.74) is -0.0247. The van der Waals surface area contributed by atoms with Gasteiger partial charge in [0.25, 0.3) is 0 Å². The lowest BCUT2D eigenvalue weighted by molar-refractivity contribution is -0.385. The molecule has 1 unspecified atom stereocenters. The number of carbonyl (C=O) groups is 1. The van der Waals surface area contributed by atoms with Crippen LogP contribution in [0.5, 0.6) is 0 Å². The number of nitrogens with zero attached hydrogens (tertiary/aromatic N) is 4. The SMILES string of the molecule is Cn1c(=O)c([N+](=O)[O-])c(N2CCN(C(=O)C3CSCN3)CC2)c2ccccc21. The summed E-state index contributed by atoms with van der Waals surface area (Å²) in [6.07, 6.45) is 0. The lowest BCUT2D eigenvalue weighted by atomic mass is 10.1. The minimum atomic E-state index is -0.621. The molecular formula is C18H21N5O4S. The molecule has 1 aromatic heterocycles. The van der Waals surface area contributed by atoms with E-state index in [9.17, 15) is 19.7 Å². The van der Waals surface area contributed by atoms with Gasteiger partial charge in [-0.15, -0.1) is 11.8 Å². The van der Waals surface area contributed by atoms with Crippen LogP contribution in [0, 0.1) is 10.1 Å². The molecule has 2 fully saturated rings. The van der Waals surface area contributed by atoms with Gasteiger partial charge in [-0.1, -0.05) is 18.2 Å². The molecular weight excluding hydrogens is 382 g/mol. The molecule has 0 saturated carbocycles. The second kappa shape index (κ2) is 7.44. The molecule has 0 spiro atoms. The highest BCUT2D eigenvalue weighted by Gasteiger charge is 2.33. The van der Waals surface area contributed by atoms with E-state index >= 15 is 0 Å². The minimum Gasteiger partial charge on any atom is -0.362 e. The number of fused-ring (bicyclic) bond motifs is 1. The second-order valence-electron chi connectivity index (χ2n) is 6.92. The fourth-order valence-corrected chi connectivity index (χ4v) is 4.81. The number of hydrogen-bond donors (Lipinski definition) is 1. The molecule has 148 valence electrons. The zero-order chi connectivity index (χ0) is 19.8. The van der Waals surface area contributed by atoms with Crippen LogP contribution in [0.3, 0.4) is 0 Å². The molecule has 10 heteroatoms. The summed E-state index contributed by atoms with van der Waals surface area (Å²) in [6.45, 7) is 1.85. The maximum atomic E-state index is 12.7. The van der Waals surface area contributed by atoms with E-state index < -0.39 is 16.2 Å². The topological polar surface area (TPSA) is 101 Å². The van der Waals surface area contributed by atoms with Crippen molar-refractivity contribution in [3.05, 3.63) is 44.7 Å². The van der Waals surface area contributed by atoms with Crippen LogP contribution in [0.25, 0.3) is 10.9 Å². The molecule has 28 heavy (non-hydrogen) atoms. The van der Waals surface area contributed by atoms with E-state index in [1.54, 1.807) is 41.9 Å². The molecule has 1 atom stereocenters. The van der Waals surface area contributed by atoms with E-state index in [2.05, 4.69) is 5.32 Å². The first-order valence-corrected chi connectivity index (χ1v) is 10.3. The van der Waals surface area contributed by atoms with Crippen LogP contribution in [0.15, 0.2) is 29.1 Å². The van der Waals surface area contributed by atoms with Crippen molar-refractivity contribution in [2.45, 2.75) is 6.04 Å². The molecule has 4 rings (SSSR count). The Morgan fingerprint density at radius 3 is 2.61 bits per heavy atom. The Labute approximate surface area is 165 Å². The van der Waals surface area contributed by atoms with Crippen LogP contribution in [-0.4, -0.2) is 64.1 Å². The predicted molar refractivity (Wildman–Crippen MR) is 109 cm³/mol. The quantitative estimate of drug-likeness (QED) is 0.596. The summed E-state index contributed by atoms with van der Waals surface area (Å²) in [5.74, 6) is 1.62. The number of benzene rings is 1. The number of aryl methyl sites for hydroxylation is 1. The fourth-order valence-electron chi connectivity index (χ4n) is 3.87. The third-order valence-corrected chi connectivity index (χ3v) is 6.30. The highest BCUT2D eigenvalue weighted by atomic mass is 32.2. The standard InChI is InChI=1S/C18H21N5O4S/c1-20-14-5-3-2-4-12(14)15(16(18(20)25)23(26)27)21-6-8-22(9-7-21)17(24)13-10-28-11-19-13/h2-5,13,19H,6-11H2,1H3. The first-order valence-electron chi connectivity index (χ1n) is 9.10. The Balaban J connectivity index is 1.67. The third-order valence-electron chi connectivity index (χ3n) is 5.36. The van der Waals surface area contributed by atoms with Gasteiger partial charge in [-0.3, -0.25) is 25.0 Å². The van der Waals surface area contributed by atoms with E-state index in [1.807, 2.05) is 11.0 Å². The van der Waals surface area contributed by atoms with E-state index in [-0.39, 0.29) is 11.9 Å². The number of nitrogens with one attached hydrogen (secondary N) is 1. The van der Waals surface area contributed by atoms with Crippen LogP contribution < -0.4 is 15.8 Å². The second-order valence-corrected chi connectivity index (χ2v) is 7.95. The Morgan fingerprint density at radius 1 is 1.25 bits per heavy atom. The molecule has 1 amide bonds. The van der Waals surface area contributed by atoms with Crippen molar-refractivity contribution in [1.29, 1.82) is 0 Å². The average molecular weight is 403 g/mol. The summed E-state index contributed by atoms with van der Waals surface area (Å²) in [6, 6.07) is 7.04. The van der Waals surface area contributed by atoms with Gasteiger partial charge in [0.05, 0.1) is 16.5 Å². The average Bonchev–Trinajstić information content (AvgIpc) is 3.25. The predicted octanol–water partition coefficient (Wildman–Crippen LogP) is 0.758. The molecule has 0 bridgehead atoms. The van der Waals surface area contributed by atoms with Crippen molar-refractivity contribution in [1.82, 2.24) is 14.8 Å². The third kappa shape index (κ3) is 3.12. The van der Waals surface area contributed by atoms with Gasteiger partial charge in [0.1, 0.15) is 5.69 Å². The summed E-state index contributed by atoms with van der Waals surface area (Å²) >= 11 is 1.70. The molecule has 1 N–H and O–H groups in total. The zero-order valence-corrected chi connectivity index (χ0v) is 16.3. The zero-order valence-electron chi connectivity index (χ0n) is 15.5. The molecule has 9 nitrogen and oxygen atoms in total. The molecule has 0 aliphatic carbocycles. The Hall–Kier alpha value is -2.59. The lowest BCUT2D eigenvalue weighted by Crippen LogP contribution is -2.54. The van der Waals surface area contributed by atoms with Crippen LogP contribution in [-0.2, 0) is 11.8 Å². The number of rotatable bonds is 3. The van der Waals surface area contributed by atoms with Crippen molar-refractivity contribution in [2.75, 3.05) is 42.7 Å². The number of pyridine rings is 1. The van der Waals surface area contributed by atoms with Crippen LogP contribution in [0.2, 0.25) is 0 Å². The molecule has 2 aromatic rings.